The number of aliphatic hydroxyl groups excluding tert-OH is 1. The van der Waals surface area contributed by atoms with Crippen LogP contribution in [0.25, 0.3) is 0 Å². The van der Waals surface area contributed by atoms with E-state index in [1.807, 2.05) is 0 Å². The summed E-state index contributed by atoms with van der Waals surface area (Å²) in [7, 11) is 0. The van der Waals surface area contributed by atoms with Crippen LogP contribution in [0.2, 0.25) is 0 Å². The molecule has 0 aromatic heterocycles. The zero-order valence-corrected chi connectivity index (χ0v) is 6.12. The Morgan fingerprint density at radius 1 is 1.27 bits per heavy atom. The van der Waals surface area contributed by atoms with E-state index in [2.05, 4.69) is 6.58 Å². The molecule has 2 nitrogen and oxygen atoms in total. The molecular formula is C9H10O2. The number of aliphatic hydroxyl groups is 1. The first-order chi connectivity index (χ1) is 5.18. The second kappa shape index (κ2) is 3.10. The van der Waals surface area contributed by atoms with Gasteiger partial charge in [-0.25, -0.2) is 0 Å². The maximum atomic E-state index is 8.91. The lowest BCUT2D eigenvalue weighted by atomic mass is 10.1. The molecule has 2 heteroatoms. The minimum absolute atomic E-state index is 0.135. The third-order valence-corrected chi connectivity index (χ3v) is 1.34. The average molecular weight is 150 g/mol. The van der Waals surface area contributed by atoms with Crippen molar-refractivity contribution in [1.82, 2.24) is 0 Å². The van der Waals surface area contributed by atoms with Crippen molar-refractivity contribution in [2.75, 3.05) is 0 Å². The van der Waals surface area contributed by atoms with Gasteiger partial charge >= 0.3 is 0 Å². The zero-order chi connectivity index (χ0) is 8.27. The molecule has 1 rings (SSSR count). The third-order valence-electron chi connectivity index (χ3n) is 1.34. The van der Waals surface area contributed by atoms with E-state index in [1.165, 1.54) is 0 Å². The van der Waals surface area contributed by atoms with Crippen molar-refractivity contribution in [3.63, 3.8) is 0 Å². The third kappa shape index (κ3) is 2.34. The van der Waals surface area contributed by atoms with Crippen LogP contribution >= 0.6 is 0 Å². The van der Waals surface area contributed by atoms with Crippen LogP contribution in [0, 0.1) is 0 Å². The monoisotopic (exact) mass is 150 g/mol. The van der Waals surface area contributed by atoms with Gasteiger partial charge in [-0.05, 0) is 17.7 Å². The average Bonchev–Trinajstić information content (AvgIpc) is 1.93. The fourth-order valence-electron chi connectivity index (χ4n) is 0.849. The quantitative estimate of drug-likeness (QED) is 0.633. The van der Waals surface area contributed by atoms with Crippen molar-refractivity contribution >= 4 is 0 Å². The van der Waals surface area contributed by atoms with Gasteiger partial charge in [-0.3, -0.25) is 0 Å². The molecule has 0 unspecified atom stereocenters. The smallest absolute Gasteiger partial charge is 0.115 e. The molecule has 58 valence electrons. The molecular weight excluding hydrogens is 140 g/mol. The molecule has 0 amide bonds. The summed E-state index contributed by atoms with van der Waals surface area (Å²) in [6.07, 6.45) is 0.445. The molecule has 0 aliphatic rings. The predicted molar refractivity (Wildman–Crippen MR) is 43.6 cm³/mol. The largest absolute Gasteiger partial charge is 0.513 e. The Labute approximate surface area is 65.4 Å². The van der Waals surface area contributed by atoms with Gasteiger partial charge in [-0.15, -0.1) is 0 Å². The molecule has 0 radical (unpaired) electrons. The van der Waals surface area contributed by atoms with Gasteiger partial charge in [0.05, 0.1) is 5.76 Å². The normalized spacial score (nSPS) is 9.45. The van der Waals surface area contributed by atoms with Gasteiger partial charge in [0.15, 0.2) is 0 Å². The van der Waals surface area contributed by atoms with Crippen molar-refractivity contribution in [2.45, 2.75) is 6.42 Å². The molecule has 0 fully saturated rings. The van der Waals surface area contributed by atoms with Gasteiger partial charge < -0.3 is 10.2 Å². The van der Waals surface area contributed by atoms with Gasteiger partial charge in [-0.1, -0.05) is 18.7 Å². The summed E-state index contributed by atoms with van der Waals surface area (Å²) in [4.78, 5) is 0. The van der Waals surface area contributed by atoms with E-state index in [0.717, 1.165) is 5.56 Å². The van der Waals surface area contributed by atoms with Gasteiger partial charge in [0.25, 0.3) is 0 Å². The lowest BCUT2D eigenvalue weighted by Gasteiger charge is -1.98. The van der Waals surface area contributed by atoms with E-state index in [4.69, 9.17) is 10.2 Å². The highest BCUT2D eigenvalue weighted by Gasteiger charge is 1.93. The van der Waals surface area contributed by atoms with Crippen molar-refractivity contribution < 1.29 is 10.2 Å². The molecule has 1 aromatic rings. The minimum atomic E-state index is 0.135. The molecule has 1 aromatic carbocycles. The number of hydrogen-bond donors (Lipinski definition) is 2. The molecule has 0 aliphatic carbocycles. The van der Waals surface area contributed by atoms with Crippen LogP contribution in [0.4, 0.5) is 0 Å². The summed E-state index contributed by atoms with van der Waals surface area (Å²) < 4.78 is 0. The summed E-state index contributed by atoms with van der Waals surface area (Å²) in [5, 5.41) is 17.7. The summed E-state index contributed by atoms with van der Waals surface area (Å²) >= 11 is 0. The van der Waals surface area contributed by atoms with Gasteiger partial charge in [0, 0.05) is 6.42 Å². The van der Waals surface area contributed by atoms with Crippen LogP contribution in [0.15, 0.2) is 36.6 Å². The maximum absolute atomic E-state index is 8.91. The van der Waals surface area contributed by atoms with Crippen LogP contribution in [-0.2, 0) is 6.42 Å². The first-order valence-corrected chi connectivity index (χ1v) is 3.33. The fourth-order valence-corrected chi connectivity index (χ4v) is 0.849. The van der Waals surface area contributed by atoms with E-state index in [-0.39, 0.29) is 11.5 Å². The Hall–Kier alpha value is -1.44. The van der Waals surface area contributed by atoms with Crippen LogP contribution < -0.4 is 0 Å². The Balaban J connectivity index is 2.74. The lowest BCUT2D eigenvalue weighted by Crippen LogP contribution is -1.85. The number of allylic oxidation sites excluding steroid dienone is 1. The highest BCUT2D eigenvalue weighted by Crippen LogP contribution is 2.11. The number of phenolic OH excluding ortho intramolecular Hbond substituents is 1. The Morgan fingerprint density at radius 2 is 1.82 bits per heavy atom. The van der Waals surface area contributed by atoms with Crippen molar-refractivity contribution in [3.8, 4) is 5.75 Å². The predicted octanol–water partition coefficient (Wildman–Crippen LogP) is 2.01. The Kier molecular flexibility index (Phi) is 2.16. The molecule has 0 heterocycles. The molecule has 11 heavy (non-hydrogen) atoms. The number of benzene rings is 1. The van der Waals surface area contributed by atoms with Crippen molar-refractivity contribution in [3.05, 3.63) is 42.2 Å². The summed E-state index contributed by atoms with van der Waals surface area (Å²) in [6, 6.07) is 6.66. The molecule has 0 saturated carbocycles. The molecule has 2 N–H and O–H groups in total. The van der Waals surface area contributed by atoms with Crippen molar-refractivity contribution in [1.29, 1.82) is 0 Å². The standard InChI is InChI=1S/C9H10O2/c1-7(10)6-8-2-4-9(11)5-3-8/h2-5,10-11H,1,6H2. The number of hydrogen-bond acceptors (Lipinski definition) is 2. The molecule has 0 atom stereocenters. The zero-order valence-electron chi connectivity index (χ0n) is 6.12. The fraction of sp³-hybridized carbons (Fsp3) is 0.111. The van der Waals surface area contributed by atoms with Gasteiger partial charge in [0.2, 0.25) is 0 Å². The number of phenols is 1. The topological polar surface area (TPSA) is 40.5 Å². The van der Waals surface area contributed by atoms with Crippen LogP contribution in [0.1, 0.15) is 5.56 Å². The van der Waals surface area contributed by atoms with E-state index in [0.29, 0.717) is 6.42 Å². The van der Waals surface area contributed by atoms with Crippen LogP contribution in [0.5, 0.6) is 5.75 Å². The minimum Gasteiger partial charge on any atom is -0.513 e. The summed E-state index contributed by atoms with van der Waals surface area (Å²) in [5.41, 5.74) is 0.940. The number of aromatic hydroxyl groups is 1. The molecule has 0 bridgehead atoms. The SMILES string of the molecule is C=C(O)Cc1ccc(O)cc1. The van der Waals surface area contributed by atoms with Crippen molar-refractivity contribution in [2.24, 2.45) is 0 Å². The van der Waals surface area contributed by atoms with Gasteiger partial charge in [0.1, 0.15) is 5.75 Å². The molecule has 0 spiro atoms. The van der Waals surface area contributed by atoms with Crippen LogP contribution in [-0.4, -0.2) is 10.2 Å². The Morgan fingerprint density at radius 3 is 2.27 bits per heavy atom. The van der Waals surface area contributed by atoms with E-state index in [1.54, 1.807) is 24.3 Å². The highest BCUT2D eigenvalue weighted by molar-refractivity contribution is 5.27. The first kappa shape index (κ1) is 7.66. The number of rotatable bonds is 2. The molecule has 0 saturated heterocycles. The summed E-state index contributed by atoms with van der Waals surface area (Å²) in [5.74, 6) is 0.369. The highest BCUT2D eigenvalue weighted by atomic mass is 16.3. The first-order valence-electron chi connectivity index (χ1n) is 3.33. The second-order valence-electron chi connectivity index (χ2n) is 2.41. The lowest BCUT2D eigenvalue weighted by molar-refractivity contribution is 0.401. The second-order valence-corrected chi connectivity index (χ2v) is 2.41. The van der Waals surface area contributed by atoms with Gasteiger partial charge in [-0.2, -0.15) is 0 Å². The van der Waals surface area contributed by atoms with E-state index in [9.17, 15) is 0 Å². The van der Waals surface area contributed by atoms with Crippen LogP contribution in [0.3, 0.4) is 0 Å². The Bertz CT molecular complexity index is 249. The molecule has 0 aliphatic heterocycles. The summed E-state index contributed by atoms with van der Waals surface area (Å²) in [6.45, 7) is 3.37. The van der Waals surface area contributed by atoms with E-state index < -0.39 is 0 Å². The van der Waals surface area contributed by atoms with E-state index >= 15 is 0 Å². The maximum Gasteiger partial charge on any atom is 0.115 e.